The minimum atomic E-state index is 0.203. The van der Waals surface area contributed by atoms with Crippen molar-refractivity contribution < 1.29 is 9.57 Å². The van der Waals surface area contributed by atoms with Crippen LogP contribution in [0.5, 0.6) is 0 Å². The van der Waals surface area contributed by atoms with Crippen molar-refractivity contribution in [1.29, 1.82) is 0 Å². The van der Waals surface area contributed by atoms with Gasteiger partial charge in [0.15, 0.2) is 0 Å². The lowest BCUT2D eigenvalue weighted by Gasteiger charge is -2.36. The molecule has 0 atom stereocenters. The van der Waals surface area contributed by atoms with E-state index in [4.69, 9.17) is 10.6 Å². The Balaban J connectivity index is 2.20. The van der Waals surface area contributed by atoms with Gasteiger partial charge in [-0.3, -0.25) is 0 Å². The summed E-state index contributed by atoms with van der Waals surface area (Å²) >= 11 is 0. The third-order valence-corrected chi connectivity index (χ3v) is 1.33. The van der Waals surface area contributed by atoms with Crippen LogP contribution in [0.3, 0.4) is 0 Å². The van der Waals surface area contributed by atoms with Crippen LogP contribution >= 0.6 is 0 Å². The summed E-state index contributed by atoms with van der Waals surface area (Å²) < 4.78 is 4.95. The quantitative estimate of drug-likeness (QED) is 0.514. The summed E-state index contributed by atoms with van der Waals surface area (Å²) in [6.45, 7) is 4.25. The zero-order valence-electron chi connectivity index (χ0n) is 5.02. The summed E-state index contributed by atoms with van der Waals surface area (Å²) in [4.78, 5) is 4.47. The van der Waals surface area contributed by atoms with E-state index in [-0.39, 0.29) is 5.41 Å². The van der Waals surface area contributed by atoms with Crippen LogP contribution in [0.4, 0.5) is 0 Å². The smallest absolute Gasteiger partial charge is 0.0777 e. The maximum atomic E-state index is 4.95. The third-order valence-electron chi connectivity index (χ3n) is 1.33. The Kier molecular flexibility index (Phi) is 1.51. The highest BCUT2D eigenvalue weighted by atomic mass is 16.6. The van der Waals surface area contributed by atoms with E-state index >= 15 is 0 Å². The molecule has 3 heteroatoms. The van der Waals surface area contributed by atoms with Crippen LogP contribution in [0.15, 0.2) is 0 Å². The van der Waals surface area contributed by atoms with E-state index in [1.165, 1.54) is 0 Å². The van der Waals surface area contributed by atoms with Crippen LogP contribution in [-0.4, -0.2) is 19.8 Å². The minimum Gasteiger partial charge on any atom is -0.380 e. The summed E-state index contributed by atoms with van der Waals surface area (Å²) in [7, 11) is 0. The molecule has 1 fully saturated rings. The predicted octanol–water partition coefficient (Wildman–Crippen LogP) is -0.0868. The molecule has 0 aliphatic carbocycles. The Morgan fingerprint density at radius 3 is 2.50 bits per heavy atom. The summed E-state index contributed by atoms with van der Waals surface area (Å²) in [5.74, 6) is 4.87. The monoisotopic (exact) mass is 117 g/mol. The molecule has 8 heavy (non-hydrogen) atoms. The summed E-state index contributed by atoms with van der Waals surface area (Å²) in [6, 6.07) is 0. The Bertz CT molecular complexity index is 80.5. The van der Waals surface area contributed by atoms with E-state index in [0.717, 1.165) is 13.2 Å². The van der Waals surface area contributed by atoms with Crippen LogP contribution in [0.1, 0.15) is 6.92 Å². The standard InChI is InChI=1S/C5H11NO2/c1-5(4-8-6)2-7-3-5/h2-4,6H2,1H3. The number of hydrogen-bond acceptors (Lipinski definition) is 3. The lowest BCUT2D eigenvalue weighted by atomic mass is 9.90. The first kappa shape index (κ1) is 6.01. The molecule has 0 radical (unpaired) electrons. The van der Waals surface area contributed by atoms with Crippen LogP contribution < -0.4 is 5.90 Å². The molecule has 1 heterocycles. The number of ether oxygens (including phenoxy) is 1. The molecule has 2 N–H and O–H groups in total. The molecule has 0 bridgehead atoms. The lowest BCUT2D eigenvalue weighted by molar-refractivity contribution is -0.138. The Hall–Kier alpha value is -0.120. The Morgan fingerprint density at radius 1 is 1.75 bits per heavy atom. The molecule has 3 nitrogen and oxygen atoms in total. The normalized spacial score (nSPS) is 24.8. The fourth-order valence-corrected chi connectivity index (χ4v) is 0.735. The second-order valence-electron chi connectivity index (χ2n) is 2.61. The highest BCUT2D eigenvalue weighted by molar-refractivity contribution is 4.79. The average Bonchev–Trinajstić information content (AvgIpc) is 1.64. The fraction of sp³-hybridized carbons (Fsp3) is 1.00. The maximum Gasteiger partial charge on any atom is 0.0777 e. The topological polar surface area (TPSA) is 44.5 Å². The maximum absolute atomic E-state index is 4.95. The molecule has 48 valence electrons. The zero-order chi connectivity index (χ0) is 6.04. The Morgan fingerprint density at radius 2 is 2.38 bits per heavy atom. The minimum absolute atomic E-state index is 0.203. The first-order valence-electron chi connectivity index (χ1n) is 2.66. The summed E-state index contributed by atoms with van der Waals surface area (Å²) in [5.41, 5.74) is 0.203. The lowest BCUT2D eigenvalue weighted by Crippen LogP contribution is -2.44. The molecule has 1 aliphatic heterocycles. The molecule has 0 saturated carbocycles. The van der Waals surface area contributed by atoms with Gasteiger partial charge in [-0.1, -0.05) is 6.92 Å². The molecule has 0 unspecified atom stereocenters. The van der Waals surface area contributed by atoms with Gasteiger partial charge in [0.2, 0.25) is 0 Å². The van der Waals surface area contributed by atoms with Crippen molar-refractivity contribution in [3.8, 4) is 0 Å². The molecule has 0 aromatic heterocycles. The number of nitrogens with two attached hydrogens (primary N) is 1. The van der Waals surface area contributed by atoms with Crippen molar-refractivity contribution in [1.82, 2.24) is 0 Å². The number of hydrogen-bond donors (Lipinski definition) is 1. The summed E-state index contributed by atoms with van der Waals surface area (Å²) in [6.07, 6.45) is 0. The average molecular weight is 117 g/mol. The van der Waals surface area contributed by atoms with Gasteiger partial charge in [0.1, 0.15) is 0 Å². The van der Waals surface area contributed by atoms with Crippen molar-refractivity contribution in [3.05, 3.63) is 0 Å². The van der Waals surface area contributed by atoms with Crippen molar-refractivity contribution >= 4 is 0 Å². The van der Waals surface area contributed by atoms with Gasteiger partial charge >= 0.3 is 0 Å². The highest BCUT2D eigenvalue weighted by Gasteiger charge is 2.33. The third kappa shape index (κ3) is 0.992. The zero-order valence-corrected chi connectivity index (χ0v) is 5.02. The van der Waals surface area contributed by atoms with Gasteiger partial charge in [-0.2, -0.15) is 0 Å². The van der Waals surface area contributed by atoms with Gasteiger partial charge in [-0.15, -0.1) is 0 Å². The van der Waals surface area contributed by atoms with E-state index < -0.39 is 0 Å². The molecular formula is C5H11NO2. The predicted molar refractivity (Wildman–Crippen MR) is 29.1 cm³/mol. The van der Waals surface area contributed by atoms with Crippen LogP contribution in [0.2, 0.25) is 0 Å². The molecule has 1 rings (SSSR count). The molecule has 0 amide bonds. The summed E-state index contributed by atoms with van der Waals surface area (Å²) in [5, 5.41) is 0. The second-order valence-corrected chi connectivity index (χ2v) is 2.61. The first-order chi connectivity index (χ1) is 3.77. The first-order valence-corrected chi connectivity index (χ1v) is 2.66. The van der Waals surface area contributed by atoms with Crippen LogP contribution in [0.25, 0.3) is 0 Å². The molecule has 0 aromatic rings. The van der Waals surface area contributed by atoms with Gasteiger partial charge in [-0.25, -0.2) is 5.90 Å². The van der Waals surface area contributed by atoms with Crippen molar-refractivity contribution in [2.75, 3.05) is 19.8 Å². The van der Waals surface area contributed by atoms with Crippen LogP contribution in [0, 0.1) is 5.41 Å². The number of rotatable bonds is 2. The van der Waals surface area contributed by atoms with Gasteiger partial charge in [-0.05, 0) is 0 Å². The molecule has 0 aromatic carbocycles. The highest BCUT2D eigenvalue weighted by Crippen LogP contribution is 2.25. The van der Waals surface area contributed by atoms with Crippen molar-refractivity contribution in [2.24, 2.45) is 11.3 Å². The van der Waals surface area contributed by atoms with E-state index in [9.17, 15) is 0 Å². The van der Waals surface area contributed by atoms with Crippen LogP contribution in [-0.2, 0) is 9.57 Å². The van der Waals surface area contributed by atoms with E-state index in [1.54, 1.807) is 0 Å². The van der Waals surface area contributed by atoms with Gasteiger partial charge in [0, 0.05) is 5.41 Å². The molecule has 0 spiro atoms. The van der Waals surface area contributed by atoms with Crippen molar-refractivity contribution in [2.45, 2.75) is 6.92 Å². The van der Waals surface area contributed by atoms with E-state index in [1.807, 2.05) is 0 Å². The van der Waals surface area contributed by atoms with Gasteiger partial charge < -0.3 is 9.57 Å². The van der Waals surface area contributed by atoms with Gasteiger partial charge in [0.05, 0.1) is 19.8 Å². The van der Waals surface area contributed by atoms with Crippen molar-refractivity contribution in [3.63, 3.8) is 0 Å². The SMILES string of the molecule is CC1(CON)COC1. The van der Waals surface area contributed by atoms with E-state index in [0.29, 0.717) is 6.61 Å². The molecule has 1 aliphatic rings. The second kappa shape index (κ2) is 2.01. The molecule has 1 saturated heterocycles. The molecular weight excluding hydrogens is 106 g/mol. The van der Waals surface area contributed by atoms with E-state index in [2.05, 4.69) is 11.8 Å². The van der Waals surface area contributed by atoms with Gasteiger partial charge in [0.25, 0.3) is 0 Å². The fourth-order valence-electron chi connectivity index (χ4n) is 0.735. The Labute approximate surface area is 48.7 Å². The largest absolute Gasteiger partial charge is 0.380 e.